The predicted octanol–water partition coefficient (Wildman–Crippen LogP) is 4.83. The van der Waals surface area contributed by atoms with Gasteiger partial charge in [0.15, 0.2) is 0 Å². The van der Waals surface area contributed by atoms with Gasteiger partial charge in [-0.2, -0.15) is 0 Å². The van der Waals surface area contributed by atoms with E-state index in [1.165, 1.54) is 6.92 Å². The van der Waals surface area contributed by atoms with Gasteiger partial charge in [-0.25, -0.2) is 4.79 Å². The van der Waals surface area contributed by atoms with Crippen LogP contribution in [0.3, 0.4) is 0 Å². The molecule has 0 bridgehead atoms. The van der Waals surface area contributed by atoms with E-state index in [4.69, 9.17) is 9.47 Å². The zero-order valence-electron chi connectivity index (χ0n) is 15.9. The lowest BCUT2D eigenvalue weighted by molar-refractivity contribution is -0.148. The number of ether oxygens (including phenoxy) is 2. The van der Waals surface area contributed by atoms with Gasteiger partial charge in [0.2, 0.25) is 0 Å². The molecule has 0 N–H and O–H groups in total. The molecule has 142 valence electrons. The Labute approximate surface area is 156 Å². The summed E-state index contributed by atoms with van der Waals surface area (Å²) in [5.74, 6) is 1.10. The molecule has 3 rings (SSSR count). The molecular formula is C22H30O4. The maximum absolute atomic E-state index is 12.3. The molecule has 2 aliphatic rings. The lowest BCUT2D eigenvalue weighted by Gasteiger charge is -2.37. The second kappa shape index (κ2) is 8.70. The molecule has 0 atom stereocenters. The summed E-state index contributed by atoms with van der Waals surface area (Å²) >= 11 is 0. The molecule has 0 amide bonds. The average Bonchev–Trinajstić information content (AvgIpc) is 2.63. The minimum atomic E-state index is -0.199. The molecule has 1 aromatic carbocycles. The van der Waals surface area contributed by atoms with E-state index >= 15 is 0 Å². The zero-order valence-corrected chi connectivity index (χ0v) is 15.9. The summed E-state index contributed by atoms with van der Waals surface area (Å²) in [5, 5.41) is 0. The van der Waals surface area contributed by atoms with Gasteiger partial charge in [-0.1, -0.05) is 17.7 Å². The molecule has 0 aromatic heterocycles. The van der Waals surface area contributed by atoms with Gasteiger partial charge in [0.05, 0.1) is 5.56 Å². The van der Waals surface area contributed by atoms with Gasteiger partial charge in [0, 0.05) is 6.92 Å². The van der Waals surface area contributed by atoms with E-state index in [2.05, 4.69) is 0 Å². The Kier molecular flexibility index (Phi) is 6.33. The highest BCUT2D eigenvalue weighted by atomic mass is 16.5. The first-order chi connectivity index (χ1) is 12.5. The van der Waals surface area contributed by atoms with Crippen molar-refractivity contribution in [2.45, 2.75) is 77.4 Å². The van der Waals surface area contributed by atoms with Crippen molar-refractivity contribution < 1.29 is 19.1 Å². The van der Waals surface area contributed by atoms with E-state index in [1.54, 1.807) is 0 Å². The molecule has 4 heteroatoms. The zero-order chi connectivity index (χ0) is 18.5. The summed E-state index contributed by atoms with van der Waals surface area (Å²) in [6.45, 7) is 3.50. The van der Waals surface area contributed by atoms with Crippen molar-refractivity contribution in [3.8, 4) is 0 Å². The lowest BCUT2D eigenvalue weighted by Crippen LogP contribution is -2.31. The number of aryl methyl sites for hydroxylation is 1. The molecule has 0 radical (unpaired) electrons. The SMILES string of the molecule is CC(=O)OC1CCC(C2CCC(OC(=O)c3ccc(C)cc3)CC2)CC1. The van der Waals surface area contributed by atoms with Crippen LogP contribution >= 0.6 is 0 Å². The van der Waals surface area contributed by atoms with Crippen LogP contribution in [0.25, 0.3) is 0 Å². The highest BCUT2D eigenvalue weighted by Gasteiger charge is 2.32. The van der Waals surface area contributed by atoms with Crippen molar-refractivity contribution in [1.29, 1.82) is 0 Å². The summed E-state index contributed by atoms with van der Waals surface area (Å²) in [5.41, 5.74) is 1.78. The molecule has 1 aromatic rings. The second-order valence-electron chi connectivity index (χ2n) is 7.95. The summed E-state index contributed by atoms with van der Waals surface area (Å²) < 4.78 is 11.1. The molecule has 2 fully saturated rings. The van der Waals surface area contributed by atoms with E-state index in [-0.39, 0.29) is 24.1 Å². The van der Waals surface area contributed by atoms with E-state index < -0.39 is 0 Å². The van der Waals surface area contributed by atoms with E-state index in [0.717, 1.165) is 68.8 Å². The van der Waals surface area contributed by atoms with Gasteiger partial charge in [0.25, 0.3) is 0 Å². The standard InChI is InChI=1S/C22H30O4/c1-15-3-5-19(6-4-15)22(24)26-21-13-9-18(10-14-21)17-7-11-20(12-8-17)25-16(2)23/h3-6,17-18,20-21H,7-14H2,1-2H3. The Bertz CT molecular complexity index is 606. The number of carbonyl (C=O) groups is 2. The van der Waals surface area contributed by atoms with Crippen LogP contribution in [-0.4, -0.2) is 24.1 Å². The van der Waals surface area contributed by atoms with Crippen LogP contribution in [0.2, 0.25) is 0 Å². The molecule has 26 heavy (non-hydrogen) atoms. The Morgan fingerprint density at radius 1 is 0.769 bits per heavy atom. The Balaban J connectivity index is 1.41. The summed E-state index contributed by atoms with van der Waals surface area (Å²) in [7, 11) is 0. The van der Waals surface area contributed by atoms with Gasteiger partial charge in [-0.05, 0) is 82.3 Å². The van der Waals surface area contributed by atoms with Gasteiger partial charge in [0.1, 0.15) is 12.2 Å². The molecular weight excluding hydrogens is 328 g/mol. The van der Waals surface area contributed by atoms with Crippen LogP contribution in [-0.2, 0) is 14.3 Å². The van der Waals surface area contributed by atoms with Crippen LogP contribution in [0, 0.1) is 18.8 Å². The maximum atomic E-state index is 12.3. The molecule has 4 nitrogen and oxygen atoms in total. The quantitative estimate of drug-likeness (QED) is 0.723. The van der Waals surface area contributed by atoms with Crippen LogP contribution < -0.4 is 0 Å². The number of rotatable bonds is 4. The van der Waals surface area contributed by atoms with E-state index in [9.17, 15) is 9.59 Å². The van der Waals surface area contributed by atoms with Crippen LogP contribution in [0.4, 0.5) is 0 Å². The molecule has 0 aliphatic heterocycles. The minimum absolute atomic E-state index is 0.0532. The van der Waals surface area contributed by atoms with Crippen molar-refractivity contribution in [3.05, 3.63) is 35.4 Å². The van der Waals surface area contributed by atoms with E-state index in [0.29, 0.717) is 5.56 Å². The van der Waals surface area contributed by atoms with Crippen molar-refractivity contribution in [2.24, 2.45) is 11.8 Å². The monoisotopic (exact) mass is 358 g/mol. The van der Waals surface area contributed by atoms with Gasteiger partial charge < -0.3 is 9.47 Å². The first kappa shape index (κ1) is 18.9. The van der Waals surface area contributed by atoms with Crippen LogP contribution in [0.15, 0.2) is 24.3 Å². The average molecular weight is 358 g/mol. The van der Waals surface area contributed by atoms with E-state index in [1.807, 2.05) is 31.2 Å². The molecule has 0 saturated heterocycles. The highest BCUT2D eigenvalue weighted by molar-refractivity contribution is 5.89. The van der Waals surface area contributed by atoms with Crippen LogP contribution in [0.5, 0.6) is 0 Å². The topological polar surface area (TPSA) is 52.6 Å². The maximum Gasteiger partial charge on any atom is 0.338 e. The molecule has 0 unspecified atom stereocenters. The first-order valence-electron chi connectivity index (χ1n) is 9.96. The predicted molar refractivity (Wildman–Crippen MR) is 99.9 cm³/mol. The van der Waals surface area contributed by atoms with Gasteiger partial charge in [-0.15, -0.1) is 0 Å². The fourth-order valence-corrected chi connectivity index (χ4v) is 4.50. The lowest BCUT2D eigenvalue weighted by atomic mass is 9.72. The smallest absolute Gasteiger partial charge is 0.338 e. The fourth-order valence-electron chi connectivity index (χ4n) is 4.50. The molecule has 2 aliphatic carbocycles. The minimum Gasteiger partial charge on any atom is -0.463 e. The number of esters is 2. The van der Waals surface area contributed by atoms with Gasteiger partial charge in [-0.3, -0.25) is 4.79 Å². The van der Waals surface area contributed by atoms with Crippen molar-refractivity contribution in [1.82, 2.24) is 0 Å². The molecule has 0 heterocycles. The largest absolute Gasteiger partial charge is 0.463 e. The second-order valence-corrected chi connectivity index (χ2v) is 7.95. The van der Waals surface area contributed by atoms with Crippen LogP contribution in [0.1, 0.15) is 74.2 Å². The third kappa shape index (κ3) is 5.09. The summed E-state index contributed by atoms with van der Waals surface area (Å²) in [6, 6.07) is 7.56. The van der Waals surface area contributed by atoms with Crippen molar-refractivity contribution >= 4 is 11.9 Å². The number of hydrogen-bond acceptors (Lipinski definition) is 4. The molecule has 0 spiro atoms. The van der Waals surface area contributed by atoms with Crippen molar-refractivity contribution in [3.63, 3.8) is 0 Å². The fraction of sp³-hybridized carbons (Fsp3) is 0.636. The first-order valence-corrected chi connectivity index (χ1v) is 9.96. The Morgan fingerprint density at radius 2 is 1.23 bits per heavy atom. The summed E-state index contributed by atoms with van der Waals surface area (Å²) in [6.07, 6.45) is 8.65. The normalized spacial score (nSPS) is 29.0. The Hall–Kier alpha value is -1.84. The summed E-state index contributed by atoms with van der Waals surface area (Å²) in [4.78, 5) is 23.3. The number of hydrogen-bond donors (Lipinski definition) is 0. The van der Waals surface area contributed by atoms with Gasteiger partial charge >= 0.3 is 11.9 Å². The number of carbonyl (C=O) groups excluding carboxylic acids is 2. The number of benzene rings is 1. The third-order valence-electron chi connectivity index (χ3n) is 6.00. The Morgan fingerprint density at radius 3 is 1.69 bits per heavy atom. The van der Waals surface area contributed by atoms with Crippen molar-refractivity contribution in [2.75, 3.05) is 0 Å². The third-order valence-corrected chi connectivity index (χ3v) is 6.00. The molecule has 2 saturated carbocycles. The highest BCUT2D eigenvalue weighted by Crippen LogP contribution is 2.39.